The molecule has 2 rings (SSSR count). The fourth-order valence-electron chi connectivity index (χ4n) is 2.34. The van der Waals surface area contributed by atoms with Gasteiger partial charge in [-0.05, 0) is 45.0 Å². The van der Waals surface area contributed by atoms with Crippen LogP contribution in [0.3, 0.4) is 0 Å². The standard InChI is InChI=1S/C19H27N3O5S/c1-19(2,3)27-16(23)13-20-17(14-5-7-15(25-4)8-6-14)21-18(24)28-22-9-11-26-12-10-22/h5-8H,9-13H2,1-4H3,(H,20,21,24). The summed E-state index contributed by atoms with van der Waals surface area (Å²) in [7, 11) is 1.58. The molecule has 8 nitrogen and oxygen atoms in total. The molecule has 0 bridgehead atoms. The molecule has 0 aromatic heterocycles. The second kappa shape index (κ2) is 10.4. The van der Waals surface area contributed by atoms with Crippen molar-refractivity contribution >= 4 is 29.0 Å². The molecule has 0 radical (unpaired) electrons. The molecule has 1 fully saturated rings. The number of hydrogen-bond acceptors (Lipinski definition) is 8. The molecule has 1 heterocycles. The molecule has 0 aliphatic carbocycles. The van der Waals surface area contributed by atoms with Gasteiger partial charge < -0.3 is 19.5 Å². The van der Waals surface area contributed by atoms with Crippen molar-refractivity contribution in [1.29, 1.82) is 0 Å². The highest BCUT2D eigenvalue weighted by Gasteiger charge is 2.19. The van der Waals surface area contributed by atoms with Crippen LogP contribution in [-0.2, 0) is 14.3 Å². The molecule has 1 aliphatic heterocycles. The predicted molar refractivity (Wildman–Crippen MR) is 109 cm³/mol. The summed E-state index contributed by atoms with van der Waals surface area (Å²) in [6, 6.07) is 7.07. The number of morpholine rings is 1. The van der Waals surface area contributed by atoms with Gasteiger partial charge in [0.1, 0.15) is 23.7 Å². The van der Waals surface area contributed by atoms with E-state index >= 15 is 0 Å². The SMILES string of the molecule is COc1ccc(C(=NCC(=O)OC(C)(C)C)NC(=O)SN2CCOCC2)cc1. The Hall–Kier alpha value is -2.10. The van der Waals surface area contributed by atoms with Crippen molar-refractivity contribution in [2.24, 2.45) is 4.99 Å². The first kappa shape index (κ1) is 22.2. The summed E-state index contributed by atoms with van der Waals surface area (Å²) in [4.78, 5) is 28.7. The third-order valence-corrected chi connectivity index (χ3v) is 4.44. The lowest BCUT2D eigenvalue weighted by Crippen LogP contribution is -2.36. The number of rotatable bonds is 5. The number of hydrogen-bond donors (Lipinski definition) is 1. The quantitative estimate of drug-likeness (QED) is 0.346. The number of amidine groups is 1. The van der Waals surface area contributed by atoms with Gasteiger partial charge in [-0.25, -0.2) is 4.31 Å². The molecule has 1 aliphatic rings. The zero-order valence-corrected chi connectivity index (χ0v) is 17.5. The van der Waals surface area contributed by atoms with Crippen molar-refractivity contribution < 1.29 is 23.8 Å². The Morgan fingerprint density at radius 2 is 1.86 bits per heavy atom. The molecule has 1 amide bonds. The lowest BCUT2D eigenvalue weighted by atomic mass is 10.2. The Kier molecular flexibility index (Phi) is 8.28. The van der Waals surface area contributed by atoms with Crippen LogP contribution >= 0.6 is 11.9 Å². The van der Waals surface area contributed by atoms with Gasteiger partial charge in [-0.2, -0.15) is 0 Å². The van der Waals surface area contributed by atoms with Crippen LogP contribution in [0.15, 0.2) is 29.3 Å². The van der Waals surface area contributed by atoms with Crippen molar-refractivity contribution in [1.82, 2.24) is 9.62 Å². The Morgan fingerprint density at radius 3 is 2.43 bits per heavy atom. The zero-order chi connectivity index (χ0) is 20.6. The molecule has 1 aromatic carbocycles. The van der Waals surface area contributed by atoms with Gasteiger partial charge in [0.2, 0.25) is 0 Å². The summed E-state index contributed by atoms with van der Waals surface area (Å²) in [6.45, 7) is 7.72. The van der Waals surface area contributed by atoms with E-state index in [0.717, 1.165) is 11.9 Å². The number of amides is 1. The van der Waals surface area contributed by atoms with Gasteiger partial charge in [0.05, 0.1) is 20.3 Å². The highest BCUT2D eigenvalue weighted by atomic mass is 32.2. The highest BCUT2D eigenvalue weighted by molar-refractivity contribution is 8.11. The molecule has 0 atom stereocenters. The molecule has 154 valence electrons. The maximum Gasteiger partial charge on any atom is 0.328 e. The van der Waals surface area contributed by atoms with Crippen LogP contribution in [-0.4, -0.2) is 66.9 Å². The van der Waals surface area contributed by atoms with Crippen molar-refractivity contribution in [3.05, 3.63) is 29.8 Å². The fourth-order valence-corrected chi connectivity index (χ4v) is 3.05. The van der Waals surface area contributed by atoms with Crippen molar-refractivity contribution in [3.8, 4) is 5.75 Å². The zero-order valence-electron chi connectivity index (χ0n) is 16.7. The lowest BCUT2D eigenvalue weighted by molar-refractivity contribution is -0.152. The van der Waals surface area contributed by atoms with Crippen LogP contribution in [0, 0.1) is 0 Å². The van der Waals surface area contributed by atoms with Crippen molar-refractivity contribution in [2.75, 3.05) is 40.0 Å². The average molecular weight is 410 g/mol. The number of nitrogens with one attached hydrogen (secondary N) is 1. The first-order chi connectivity index (χ1) is 13.3. The highest BCUT2D eigenvalue weighted by Crippen LogP contribution is 2.15. The maximum absolute atomic E-state index is 12.4. The van der Waals surface area contributed by atoms with Crippen LogP contribution in [0.25, 0.3) is 0 Å². The van der Waals surface area contributed by atoms with Crippen molar-refractivity contribution in [2.45, 2.75) is 26.4 Å². The smallest absolute Gasteiger partial charge is 0.328 e. The second-order valence-electron chi connectivity index (χ2n) is 7.02. The van der Waals surface area contributed by atoms with E-state index in [1.54, 1.807) is 52.1 Å². The van der Waals surface area contributed by atoms with Gasteiger partial charge in [0.15, 0.2) is 0 Å². The largest absolute Gasteiger partial charge is 0.497 e. The molecule has 0 spiro atoms. The van der Waals surface area contributed by atoms with E-state index < -0.39 is 11.6 Å². The summed E-state index contributed by atoms with van der Waals surface area (Å²) in [6.07, 6.45) is 0. The normalized spacial score (nSPS) is 15.8. The van der Waals surface area contributed by atoms with Gasteiger partial charge in [0.25, 0.3) is 5.24 Å². The molecule has 0 saturated carbocycles. The number of ether oxygens (including phenoxy) is 3. The average Bonchev–Trinajstić information content (AvgIpc) is 2.64. The molecule has 1 saturated heterocycles. The monoisotopic (exact) mass is 409 g/mol. The number of nitrogens with zero attached hydrogens (tertiary/aromatic N) is 2. The third-order valence-electron chi connectivity index (χ3n) is 3.55. The maximum atomic E-state index is 12.4. The van der Waals surface area contributed by atoms with Crippen LogP contribution in [0.5, 0.6) is 5.75 Å². The summed E-state index contributed by atoms with van der Waals surface area (Å²) >= 11 is 1.08. The Morgan fingerprint density at radius 1 is 1.21 bits per heavy atom. The number of esters is 1. The van der Waals surface area contributed by atoms with E-state index in [4.69, 9.17) is 14.2 Å². The fraction of sp³-hybridized carbons (Fsp3) is 0.526. The second-order valence-corrected chi connectivity index (χ2v) is 8.09. The van der Waals surface area contributed by atoms with Gasteiger partial charge in [-0.15, -0.1) is 0 Å². The van der Waals surface area contributed by atoms with E-state index in [1.165, 1.54) is 0 Å². The molecule has 1 aromatic rings. The molecule has 0 unspecified atom stereocenters. The van der Waals surface area contributed by atoms with Crippen LogP contribution in [0.2, 0.25) is 0 Å². The topological polar surface area (TPSA) is 89.5 Å². The summed E-state index contributed by atoms with van der Waals surface area (Å²) < 4.78 is 17.7. The minimum absolute atomic E-state index is 0.193. The van der Waals surface area contributed by atoms with Crippen LogP contribution in [0.4, 0.5) is 4.79 Å². The van der Waals surface area contributed by atoms with Crippen LogP contribution in [0.1, 0.15) is 26.3 Å². The van der Waals surface area contributed by atoms with Gasteiger partial charge in [-0.3, -0.25) is 14.6 Å². The number of aliphatic imine (C=N–C) groups is 1. The summed E-state index contributed by atoms with van der Waals surface area (Å²) in [5, 5.41) is 2.50. The molecular weight excluding hydrogens is 382 g/mol. The first-order valence-electron chi connectivity index (χ1n) is 8.99. The number of carbonyl (C=O) groups excluding carboxylic acids is 2. The van der Waals surface area contributed by atoms with Crippen molar-refractivity contribution in [3.63, 3.8) is 0 Å². The van der Waals surface area contributed by atoms with Gasteiger partial charge in [0, 0.05) is 30.6 Å². The Balaban J connectivity index is 2.09. The predicted octanol–water partition coefficient (Wildman–Crippen LogP) is 2.47. The minimum Gasteiger partial charge on any atom is -0.497 e. The van der Waals surface area contributed by atoms with Gasteiger partial charge >= 0.3 is 5.97 Å². The third kappa shape index (κ3) is 7.87. The molecule has 1 N–H and O–H groups in total. The van der Waals surface area contributed by atoms with Gasteiger partial charge in [-0.1, -0.05) is 0 Å². The van der Waals surface area contributed by atoms with E-state index in [0.29, 0.717) is 43.5 Å². The Labute approximate surface area is 169 Å². The number of benzene rings is 1. The number of methoxy groups -OCH3 is 1. The van der Waals surface area contributed by atoms with E-state index in [1.807, 2.05) is 4.31 Å². The molecule has 9 heteroatoms. The molecular formula is C19H27N3O5S. The summed E-state index contributed by atoms with van der Waals surface area (Å²) in [5.74, 6) is 0.525. The van der Waals surface area contributed by atoms with E-state index in [-0.39, 0.29) is 11.8 Å². The van der Waals surface area contributed by atoms with E-state index in [9.17, 15) is 9.59 Å². The minimum atomic E-state index is -0.595. The van der Waals surface area contributed by atoms with Crippen LogP contribution < -0.4 is 10.1 Å². The lowest BCUT2D eigenvalue weighted by Gasteiger charge is -2.24. The molecule has 28 heavy (non-hydrogen) atoms. The van der Waals surface area contributed by atoms with E-state index in [2.05, 4.69) is 10.3 Å². The summed E-state index contributed by atoms with van der Waals surface area (Å²) in [5.41, 5.74) is 0.0720. The number of carbonyl (C=O) groups is 2. The first-order valence-corrected chi connectivity index (χ1v) is 9.76. The Bertz CT molecular complexity index is 695.